The standard InChI is InChI=1S/C8H10N2O2S2/c9-3-6-14(11,12)10-4-1-8-2-5-13-7-8/h2,5,7,10H,1,4,6H2. The summed E-state index contributed by atoms with van der Waals surface area (Å²) in [5.74, 6) is -0.476. The first-order valence-electron chi connectivity index (χ1n) is 3.99. The largest absolute Gasteiger partial charge is 0.225 e. The van der Waals surface area contributed by atoms with Crippen molar-refractivity contribution in [3.05, 3.63) is 22.4 Å². The molecule has 0 aromatic carbocycles. The lowest BCUT2D eigenvalue weighted by atomic mass is 10.2. The summed E-state index contributed by atoms with van der Waals surface area (Å²) in [6, 6.07) is 3.55. The molecule has 0 spiro atoms. The maximum Gasteiger partial charge on any atom is 0.225 e. The van der Waals surface area contributed by atoms with Crippen LogP contribution in [0.4, 0.5) is 0 Å². The molecule has 0 fully saturated rings. The Hall–Kier alpha value is -0.900. The molecular weight excluding hydrogens is 220 g/mol. The Morgan fingerprint density at radius 1 is 1.57 bits per heavy atom. The molecular formula is C8H10N2O2S2. The monoisotopic (exact) mass is 230 g/mol. The number of nitriles is 1. The molecule has 0 radical (unpaired) electrons. The van der Waals surface area contributed by atoms with Crippen LogP contribution in [-0.2, 0) is 16.4 Å². The maximum absolute atomic E-state index is 11.0. The van der Waals surface area contributed by atoms with Crippen LogP contribution in [0.1, 0.15) is 5.56 Å². The van der Waals surface area contributed by atoms with Crippen molar-refractivity contribution >= 4 is 21.4 Å². The van der Waals surface area contributed by atoms with Crippen LogP contribution in [0.15, 0.2) is 16.8 Å². The van der Waals surface area contributed by atoms with Gasteiger partial charge >= 0.3 is 0 Å². The zero-order valence-corrected chi connectivity index (χ0v) is 9.07. The predicted molar refractivity (Wildman–Crippen MR) is 55.4 cm³/mol. The van der Waals surface area contributed by atoms with Gasteiger partial charge < -0.3 is 0 Å². The fourth-order valence-corrected chi connectivity index (χ4v) is 2.31. The summed E-state index contributed by atoms with van der Waals surface area (Å²) in [4.78, 5) is 0. The number of nitrogens with one attached hydrogen (secondary N) is 1. The van der Waals surface area contributed by atoms with E-state index in [9.17, 15) is 8.42 Å². The highest BCUT2D eigenvalue weighted by Crippen LogP contribution is 2.05. The van der Waals surface area contributed by atoms with Gasteiger partial charge in [-0.25, -0.2) is 13.1 Å². The normalized spacial score (nSPS) is 11.1. The molecule has 6 heteroatoms. The molecule has 1 N–H and O–H groups in total. The van der Waals surface area contributed by atoms with Crippen molar-refractivity contribution in [3.63, 3.8) is 0 Å². The van der Waals surface area contributed by atoms with E-state index in [0.29, 0.717) is 13.0 Å². The third-order valence-corrected chi connectivity index (χ3v) is 3.46. The van der Waals surface area contributed by atoms with Gasteiger partial charge in [0.15, 0.2) is 5.75 Å². The highest BCUT2D eigenvalue weighted by atomic mass is 32.2. The van der Waals surface area contributed by atoms with E-state index < -0.39 is 15.8 Å². The third kappa shape index (κ3) is 3.87. The smallest absolute Gasteiger partial charge is 0.214 e. The molecule has 0 atom stereocenters. The lowest BCUT2D eigenvalue weighted by molar-refractivity contribution is 0.585. The van der Waals surface area contributed by atoms with E-state index in [-0.39, 0.29) is 0 Å². The van der Waals surface area contributed by atoms with Gasteiger partial charge in [-0.1, -0.05) is 0 Å². The van der Waals surface area contributed by atoms with Crippen molar-refractivity contribution in [2.24, 2.45) is 0 Å². The number of rotatable bonds is 5. The zero-order chi connectivity index (χ0) is 10.4. The summed E-state index contributed by atoms with van der Waals surface area (Å²) in [5, 5.41) is 12.1. The molecule has 76 valence electrons. The van der Waals surface area contributed by atoms with Crippen LogP contribution in [0.5, 0.6) is 0 Å². The summed E-state index contributed by atoms with van der Waals surface area (Å²) in [7, 11) is -3.39. The van der Waals surface area contributed by atoms with Crippen molar-refractivity contribution in [1.29, 1.82) is 5.26 Å². The molecule has 0 amide bonds. The van der Waals surface area contributed by atoms with Gasteiger partial charge in [-0.2, -0.15) is 16.6 Å². The summed E-state index contributed by atoms with van der Waals surface area (Å²) >= 11 is 1.58. The van der Waals surface area contributed by atoms with Gasteiger partial charge in [0, 0.05) is 6.54 Å². The van der Waals surface area contributed by atoms with E-state index in [2.05, 4.69) is 4.72 Å². The maximum atomic E-state index is 11.0. The summed E-state index contributed by atoms with van der Waals surface area (Å²) in [5.41, 5.74) is 1.11. The molecule has 0 unspecified atom stereocenters. The first-order chi connectivity index (χ1) is 6.64. The van der Waals surface area contributed by atoms with E-state index in [1.165, 1.54) is 0 Å². The molecule has 0 bridgehead atoms. The first-order valence-corrected chi connectivity index (χ1v) is 6.59. The molecule has 0 aliphatic carbocycles. The molecule has 1 aromatic rings. The van der Waals surface area contributed by atoms with Crippen LogP contribution in [0, 0.1) is 11.3 Å². The van der Waals surface area contributed by atoms with Crippen LogP contribution >= 0.6 is 11.3 Å². The van der Waals surface area contributed by atoms with Gasteiger partial charge in [-0.15, -0.1) is 0 Å². The predicted octanol–water partition coefficient (Wildman–Crippen LogP) is 0.734. The first kappa shape index (κ1) is 11.2. The Morgan fingerprint density at radius 3 is 2.93 bits per heavy atom. The fourth-order valence-electron chi connectivity index (χ4n) is 0.922. The molecule has 0 aliphatic heterocycles. The molecule has 1 rings (SSSR count). The second-order valence-electron chi connectivity index (χ2n) is 2.69. The second-order valence-corrected chi connectivity index (χ2v) is 5.28. The summed E-state index contributed by atoms with van der Waals surface area (Å²) in [6.07, 6.45) is 0.661. The van der Waals surface area contributed by atoms with Gasteiger partial charge in [-0.05, 0) is 28.8 Å². The Balaban J connectivity index is 2.32. The van der Waals surface area contributed by atoms with Gasteiger partial charge in [-0.3, -0.25) is 0 Å². The van der Waals surface area contributed by atoms with Crippen molar-refractivity contribution in [1.82, 2.24) is 4.72 Å². The van der Waals surface area contributed by atoms with E-state index in [1.54, 1.807) is 17.4 Å². The molecule has 4 nitrogen and oxygen atoms in total. The zero-order valence-electron chi connectivity index (χ0n) is 7.43. The van der Waals surface area contributed by atoms with Gasteiger partial charge in [0.05, 0.1) is 6.07 Å². The molecule has 1 aromatic heterocycles. The minimum Gasteiger partial charge on any atom is -0.214 e. The van der Waals surface area contributed by atoms with Crippen molar-refractivity contribution in [3.8, 4) is 6.07 Å². The topological polar surface area (TPSA) is 70.0 Å². The Labute approximate surface area is 87.2 Å². The van der Waals surface area contributed by atoms with Crippen molar-refractivity contribution in [2.75, 3.05) is 12.3 Å². The van der Waals surface area contributed by atoms with E-state index in [4.69, 9.17) is 5.26 Å². The van der Waals surface area contributed by atoms with Crippen LogP contribution in [0.25, 0.3) is 0 Å². The average Bonchev–Trinajstić information content (AvgIpc) is 2.56. The quantitative estimate of drug-likeness (QED) is 0.810. The average molecular weight is 230 g/mol. The summed E-state index contributed by atoms with van der Waals surface area (Å²) < 4.78 is 24.4. The number of hydrogen-bond donors (Lipinski definition) is 1. The van der Waals surface area contributed by atoms with Crippen LogP contribution in [-0.4, -0.2) is 20.7 Å². The van der Waals surface area contributed by atoms with Gasteiger partial charge in [0.1, 0.15) is 0 Å². The van der Waals surface area contributed by atoms with Crippen LogP contribution in [0.2, 0.25) is 0 Å². The van der Waals surface area contributed by atoms with Crippen LogP contribution < -0.4 is 4.72 Å². The SMILES string of the molecule is N#CCS(=O)(=O)NCCc1ccsc1. The van der Waals surface area contributed by atoms with Gasteiger partial charge in [0.2, 0.25) is 10.0 Å². The highest BCUT2D eigenvalue weighted by Gasteiger charge is 2.07. The van der Waals surface area contributed by atoms with Crippen LogP contribution in [0.3, 0.4) is 0 Å². The Kier molecular flexibility index (Phi) is 4.07. The van der Waals surface area contributed by atoms with E-state index >= 15 is 0 Å². The Bertz CT molecular complexity index is 403. The third-order valence-electron chi connectivity index (χ3n) is 1.57. The molecule has 1 heterocycles. The van der Waals surface area contributed by atoms with Crippen molar-refractivity contribution < 1.29 is 8.42 Å². The minimum absolute atomic E-state index is 0.348. The molecule has 0 saturated heterocycles. The summed E-state index contributed by atoms with van der Waals surface area (Å²) in [6.45, 7) is 0.348. The molecule has 14 heavy (non-hydrogen) atoms. The lowest BCUT2D eigenvalue weighted by Crippen LogP contribution is -2.27. The van der Waals surface area contributed by atoms with E-state index in [0.717, 1.165) is 5.56 Å². The van der Waals surface area contributed by atoms with Gasteiger partial charge in [0.25, 0.3) is 0 Å². The Morgan fingerprint density at radius 2 is 2.36 bits per heavy atom. The number of hydrogen-bond acceptors (Lipinski definition) is 4. The highest BCUT2D eigenvalue weighted by molar-refractivity contribution is 7.89. The lowest BCUT2D eigenvalue weighted by Gasteiger charge is -2.01. The molecule has 0 aliphatic rings. The minimum atomic E-state index is -3.39. The fraction of sp³-hybridized carbons (Fsp3) is 0.375. The van der Waals surface area contributed by atoms with E-state index in [1.807, 2.05) is 16.8 Å². The number of sulfonamides is 1. The number of thiophene rings is 1. The number of nitrogens with zero attached hydrogens (tertiary/aromatic N) is 1. The second kappa shape index (κ2) is 5.10. The van der Waals surface area contributed by atoms with Crippen molar-refractivity contribution in [2.45, 2.75) is 6.42 Å². The molecule has 0 saturated carbocycles.